The van der Waals surface area contributed by atoms with Gasteiger partial charge in [0.15, 0.2) is 5.16 Å². The highest BCUT2D eigenvalue weighted by Crippen LogP contribution is 2.39. The Morgan fingerprint density at radius 2 is 2.29 bits per heavy atom. The SMILES string of the molecule is COC(=O)CNC(=O)CSc1nnc(Cc2cccs2)n1C1CC1. The van der Waals surface area contributed by atoms with Crippen LogP contribution in [0.3, 0.4) is 0 Å². The van der Waals surface area contributed by atoms with Crippen molar-refractivity contribution in [2.75, 3.05) is 19.4 Å². The highest BCUT2D eigenvalue weighted by molar-refractivity contribution is 7.99. The van der Waals surface area contributed by atoms with Crippen molar-refractivity contribution in [1.29, 1.82) is 0 Å². The Hall–Kier alpha value is -1.87. The maximum absolute atomic E-state index is 11.8. The summed E-state index contributed by atoms with van der Waals surface area (Å²) < 4.78 is 6.64. The molecule has 2 heterocycles. The van der Waals surface area contributed by atoms with Crippen molar-refractivity contribution < 1.29 is 14.3 Å². The lowest BCUT2D eigenvalue weighted by molar-refractivity contribution is -0.140. The van der Waals surface area contributed by atoms with Crippen LogP contribution in [-0.4, -0.2) is 46.0 Å². The third kappa shape index (κ3) is 4.35. The minimum Gasteiger partial charge on any atom is -0.468 e. The first-order chi connectivity index (χ1) is 11.7. The summed E-state index contributed by atoms with van der Waals surface area (Å²) in [6.07, 6.45) is 3.01. The van der Waals surface area contributed by atoms with Crippen LogP contribution in [0.5, 0.6) is 0 Å². The highest BCUT2D eigenvalue weighted by atomic mass is 32.2. The molecule has 0 bridgehead atoms. The first kappa shape index (κ1) is 17.0. The number of rotatable bonds is 8. The van der Waals surface area contributed by atoms with E-state index in [0.717, 1.165) is 30.2 Å². The Morgan fingerprint density at radius 3 is 2.96 bits per heavy atom. The largest absolute Gasteiger partial charge is 0.468 e. The molecule has 128 valence electrons. The Morgan fingerprint density at radius 1 is 1.46 bits per heavy atom. The summed E-state index contributed by atoms with van der Waals surface area (Å²) in [7, 11) is 1.29. The molecule has 24 heavy (non-hydrogen) atoms. The predicted octanol–water partition coefficient (Wildman–Crippen LogP) is 1.65. The molecule has 1 fully saturated rings. The second kappa shape index (κ2) is 7.80. The van der Waals surface area contributed by atoms with Gasteiger partial charge in [0.05, 0.1) is 12.9 Å². The fourth-order valence-corrected chi connectivity index (χ4v) is 3.77. The summed E-state index contributed by atoms with van der Waals surface area (Å²) in [5.74, 6) is 0.446. The Bertz CT molecular complexity index is 710. The van der Waals surface area contributed by atoms with E-state index in [9.17, 15) is 9.59 Å². The maximum atomic E-state index is 11.8. The van der Waals surface area contributed by atoms with Gasteiger partial charge in [0, 0.05) is 17.3 Å². The number of carbonyl (C=O) groups excluding carboxylic acids is 2. The molecule has 1 saturated carbocycles. The number of hydrogen-bond acceptors (Lipinski definition) is 7. The van der Waals surface area contributed by atoms with Crippen molar-refractivity contribution in [3.8, 4) is 0 Å². The number of carbonyl (C=O) groups is 2. The number of esters is 1. The van der Waals surface area contributed by atoms with Gasteiger partial charge >= 0.3 is 5.97 Å². The average Bonchev–Trinajstić information content (AvgIpc) is 3.14. The minimum atomic E-state index is -0.465. The third-order valence-electron chi connectivity index (χ3n) is 3.55. The van der Waals surface area contributed by atoms with Crippen molar-refractivity contribution in [3.63, 3.8) is 0 Å². The zero-order valence-electron chi connectivity index (χ0n) is 13.2. The van der Waals surface area contributed by atoms with Gasteiger partial charge in [0.25, 0.3) is 0 Å². The van der Waals surface area contributed by atoms with Gasteiger partial charge in [-0.3, -0.25) is 9.59 Å². The first-order valence-electron chi connectivity index (χ1n) is 7.60. The lowest BCUT2D eigenvalue weighted by Gasteiger charge is -2.08. The molecule has 1 N–H and O–H groups in total. The number of methoxy groups -OCH3 is 1. The molecular formula is C15H18N4O3S2. The van der Waals surface area contributed by atoms with E-state index in [1.807, 2.05) is 6.07 Å². The van der Waals surface area contributed by atoms with E-state index >= 15 is 0 Å². The number of nitrogens with zero attached hydrogens (tertiary/aromatic N) is 3. The van der Waals surface area contributed by atoms with Crippen LogP contribution in [0, 0.1) is 0 Å². The lowest BCUT2D eigenvalue weighted by Crippen LogP contribution is -2.31. The van der Waals surface area contributed by atoms with E-state index in [0.29, 0.717) is 6.04 Å². The van der Waals surface area contributed by atoms with E-state index in [4.69, 9.17) is 0 Å². The zero-order chi connectivity index (χ0) is 16.9. The number of thioether (sulfide) groups is 1. The summed E-state index contributed by atoms with van der Waals surface area (Å²) in [5, 5.41) is 13.9. The number of aromatic nitrogens is 3. The lowest BCUT2D eigenvalue weighted by atomic mass is 10.3. The molecule has 7 nitrogen and oxygen atoms in total. The van der Waals surface area contributed by atoms with Crippen LogP contribution in [-0.2, 0) is 20.7 Å². The molecule has 1 amide bonds. The number of ether oxygens (including phenoxy) is 1. The van der Waals surface area contributed by atoms with Crippen molar-refractivity contribution in [3.05, 3.63) is 28.2 Å². The summed E-state index contributed by atoms with van der Waals surface area (Å²) in [4.78, 5) is 24.1. The Labute approximate surface area is 147 Å². The number of nitrogens with one attached hydrogen (secondary N) is 1. The van der Waals surface area contributed by atoms with Crippen molar-refractivity contribution in [2.24, 2.45) is 0 Å². The molecule has 1 aliphatic rings. The minimum absolute atomic E-state index is 0.116. The van der Waals surface area contributed by atoms with E-state index in [1.165, 1.54) is 23.7 Å². The molecule has 1 aliphatic carbocycles. The summed E-state index contributed by atoms with van der Waals surface area (Å²) >= 11 is 3.05. The second-order valence-electron chi connectivity index (χ2n) is 5.40. The number of hydrogen-bond donors (Lipinski definition) is 1. The van der Waals surface area contributed by atoms with Gasteiger partial charge in [-0.25, -0.2) is 0 Å². The fraction of sp³-hybridized carbons (Fsp3) is 0.467. The normalized spacial score (nSPS) is 13.7. The van der Waals surface area contributed by atoms with Gasteiger partial charge in [-0.2, -0.15) is 0 Å². The molecule has 2 aromatic rings. The molecule has 3 rings (SSSR count). The van der Waals surface area contributed by atoms with Gasteiger partial charge in [-0.1, -0.05) is 17.8 Å². The molecule has 0 spiro atoms. The monoisotopic (exact) mass is 366 g/mol. The number of thiophene rings is 1. The highest BCUT2D eigenvalue weighted by Gasteiger charge is 2.29. The van der Waals surface area contributed by atoms with Gasteiger partial charge in [-0.05, 0) is 24.3 Å². The molecule has 0 atom stereocenters. The predicted molar refractivity (Wildman–Crippen MR) is 91.2 cm³/mol. The van der Waals surface area contributed by atoms with Crippen LogP contribution in [0.4, 0.5) is 0 Å². The van der Waals surface area contributed by atoms with Crippen LogP contribution < -0.4 is 5.32 Å². The van der Waals surface area contributed by atoms with Crippen molar-refractivity contribution in [2.45, 2.75) is 30.5 Å². The van der Waals surface area contributed by atoms with E-state index in [2.05, 4.69) is 36.3 Å². The van der Waals surface area contributed by atoms with Gasteiger partial charge in [-0.15, -0.1) is 21.5 Å². The van der Waals surface area contributed by atoms with Crippen LogP contribution in [0.25, 0.3) is 0 Å². The van der Waals surface area contributed by atoms with E-state index < -0.39 is 5.97 Å². The Kier molecular flexibility index (Phi) is 5.52. The zero-order valence-corrected chi connectivity index (χ0v) is 14.9. The maximum Gasteiger partial charge on any atom is 0.325 e. The van der Waals surface area contributed by atoms with Crippen molar-refractivity contribution >= 4 is 35.0 Å². The molecule has 0 aliphatic heterocycles. The average molecular weight is 366 g/mol. The summed E-state index contributed by atoms with van der Waals surface area (Å²) in [6.45, 7) is -0.116. The molecule has 0 aromatic carbocycles. The quantitative estimate of drug-likeness (QED) is 0.565. The number of amides is 1. The molecule has 0 saturated heterocycles. The molecular weight excluding hydrogens is 348 g/mol. The molecule has 0 radical (unpaired) electrons. The van der Waals surface area contributed by atoms with Crippen molar-refractivity contribution in [1.82, 2.24) is 20.1 Å². The van der Waals surface area contributed by atoms with Crippen LogP contribution in [0.2, 0.25) is 0 Å². The second-order valence-corrected chi connectivity index (χ2v) is 7.37. The smallest absolute Gasteiger partial charge is 0.325 e. The Balaban J connectivity index is 1.60. The molecule has 9 heteroatoms. The van der Waals surface area contributed by atoms with E-state index in [1.54, 1.807) is 11.3 Å². The van der Waals surface area contributed by atoms with Gasteiger partial charge in [0.2, 0.25) is 5.91 Å². The van der Waals surface area contributed by atoms with Gasteiger partial charge in [0.1, 0.15) is 12.4 Å². The van der Waals surface area contributed by atoms with Gasteiger partial charge < -0.3 is 14.6 Å². The van der Waals surface area contributed by atoms with Crippen LogP contribution in [0.1, 0.15) is 29.6 Å². The molecule has 2 aromatic heterocycles. The van der Waals surface area contributed by atoms with Crippen LogP contribution >= 0.6 is 23.1 Å². The fourth-order valence-electron chi connectivity index (χ4n) is 2.22. The summed E-state index contributed by atoms with van der Waals surface area (Å²) in [6, 6.07) is 4.55. The standard InChI is InChI=1S/C15H18N4O3S2/c1-22-14(21)8-16-13(20)9-24-15-18-17-12(19(15)10-4-5-10)7-11-3-2-6-23-11/h2-3,6,10H,4-5,7-9H2,1H3,(H,16,20). The topological polar surface area (TPSA) is 86.1 Å². The van der Waals surface area contributed by atoms with Crippen LogP contribution in [0.15, 0.2) is 22.7 Å². The van der Waals surface area contributed by atoms with E-state index in [-0.39, 0.29) is 18.2 Å². The first-order valence-corrected chi connectivity index (χ1v) is 9.46. The third-order valence-corrected chi connectivity index (χ3v) is 5.37. The molecule has 0 unspecified atom stereocenters. The summed E-state index contributed by atoms with van der Waals surface area (Å²) in [5.41, 5.74) is 0.